The molecule has 0 spiro atoms. The zero-order chi connectivity index (χ0) is 14.8. The van der Waals surface area contributed by atoms with Crippen LogP contribution in [0.2, 0.25) is 0 Å². The van der Waals surface area contributed by atoms with E-state index in [1.807, 2.05) is 45.0 Å². The van der Waals surface area contributed by atoms with Crippen LogP contribution in [0.1, 0.15) is 26.3 Å². The number of carbonyl (C=O) groups excluding carboxylic acids is 1. The number of hydrogen-bond acceptors (Lipinski definition) is 3. The fourth-order valence-corrected chi connectivity index (χ4v) is 1.88. The molecule has 0 aliphatic rings. The zero-order valence-electron chi connectivity index (χ0n) is 11.7. The van der Waals surface area contributed by atoms with Crippen molar-refractivity contribution in [2.24, 2.45) is 0 Å². The van der Waals surface area contributed by atoms with Crippen LogP contribution in [0.4, 0.5) is 10.5 Å². The summed E-state index contributed by atoms with van der Waals surface area (Å²) in [5.41, 5.74) is 0.725. The number of amides is 1. The number of hydrogen-bond donors (Lipinski definition) is 1. The van der Waals surface area contributed by atoms with Crippen LogP contribution >= 0.6 is 0 Å². The highest BCUT2D eigenvalue weighted by Crippen LogP contribution is 2.22. The van der Waals surface area contributed by atoms with E-state index in [-0.39, 0.29) is 0 Å². The fourth-order valence-electron chi connectivity index (χ4n) is 1.88. The molecule has 0 aromatic heterocycles. The molecule has 1 N–H and O–H groups in total. The van der Waals surface area contributed by atoms with Gasteiger partial charge in [0.1, 0.15) is 5.60 Å². The van der Waals surface area contributed by atoms with Gasteiger partial charge in [-0.15, -0.1) is 0 Å². The van der Waals surface area contributed by atoms with Gasteiger partial charge in [0.25, 0.3) is 0 Å². The minimum atomic E-state index is -0.533. The van der Waals surface area contributed by atoms with Gasteiger partial charge in [-0.3, -0.25) is 5.32 Å². The van der Waals surface area contributed by atoms with Crippen molar-refractivity contribution in [3.63, 3.8) is 0 Å². The summed E-state index contributed by atoms with van der Waals surface area (Å²) in [6.07, 6.45) is -0.492. The summed E-state index contributed by atoms with van der Waals surface area (Å²) in [7, 11) is 0. The first-order valence-corrected chi connectivity index (χ1v) is 6.32. The molecule has 0 saturated heterocycles. The molecule has 0 saturated carbocycles. The van der Waals surface area contributed by atoms with Crippen LogP contribution < -0.4 is 5.32 Å². The van der Waals surface area contributed by atoms with Gasteiger partial charge in [0, 0.05) is 5.69 Å². The van der Waals surface area contributed by atoms with Crippen molar-refractivity contribution in [1.29, 1.82) is 5.26 Å². The van der Waals surface area contributed by atoms with E-state index in [9.17, 15) is 4.79 Å². The van der Waals surface area contributed by atoms with E-state index in [0.29, 0.717) is 11.3 Å². The minimum absolute atomic E-state index is 0.492. The molecule has 0 fully saturated rings. The van der Waals surface area contributed by atoms with Crippen molar-refractivity contribution in [2.45, 2.75) is 26.4 Å². The van der Waals surface area contributed by atoms with Gasteiger partial charge in [0.05, 0.1) is 11.6 Å². The predicted molar refractivity (Wildman–Crippen MR) is 78.5 cm³/mol. The highest BCUT2D eigenvalue weighted by molar-refractivity contribution is 5.93. The average Bonchev–Trinajstić information content (AvgIpc) is 2.35. The number of carbonyl (C=O) groups is 1. The van der Waals surface area contributed by atoms with Gasteiger partial charge in [-0.25, -0.2) is 4.79 Å². The van der Waals surface area contributed by atoms with E-state index in [2.05, 4.69) is 11.4 Å². The highest BCUT2D eigenvalue weighted by Gasteiger charge is 2.16. The summed E-state index contributed by atoms with van der Waals surface area (Å²) in [6, 6.07) is 13.0. The number of nitriles is 1. The van der Waals surface area contributed by atoms with Crippen LogP contribution in [-0.2, 0) is 4.74 Å². The van der Waals surface area contributed by atoms with Crippen molar-refractivity contribution < 1.29 is 9.53 Å². The van der Waals surface area contributed by atoms with E-state index in [4.69, 9.17) is 10.00 Å². The molecule has 4 nitrogen and oxygen atoms in total. The molecular formula is C16H16N2O2. The molecule has 0 unspecified atom stereocenters. The van der Waals surface area contributed by atoms with Gasteiger partial charge in [-0.1, -0.05) is 18.2 Å². The van der Waals surface area contributed by atoms with Gasteiger partial charge in [-0.05, 0) is 49.7 Å². The molecule has 2 rings (SSSR count). The minimum Gasteiger partial charge on any atom is -0.444 e. The third-order valence-corrected chi connectivity index (χ3v) is 2.65. The van der Waals surface area contributed by atoms with E-state index < -0.39 is 11.7 Å². The molecule has 0 atom stereocenters. The lowest BCUT2D eigenvalue weighted by molar-refractivity contribution is 0.0636. The van der Waals surface area contributed by atoms with Crippen molar-refractivity contribution >= 4 is 22.6 Å². The molecule has 0 radical (unpaired) electrons. The van der Waals surface area contributed by atoms with Crippen LogP contribution in [-0.4, -0.2) is 11.7 Å². The molecule has 2 aromatic carbocycles. The Bertz CT molecular complexity index is 694. The lowest BCUT2D eigenvalue weighted by Crippen LogP contribution is -2.27. The third-order valence-electron chi connectivity index (χ3n) is 2.65. The summed E-state index contributed by atoms with van der Waals surface area (Å²) < 4.78 is 5.20. The van der Waals surface area contributed by atoms with Crippen LogP contribution in [0.5, 0.6) is 0 Å². The van der Waals surface area contributed by atoms with E-state index in [1.54, 1.807) is 12.1 Å². The second-order valence-corrected chi connectivity index (χ2v) is 5.48. The Morgan fingerprint density at radius 2 is 2.00 bits per heavy atom. The molecule has 0 aliphatic carbocycles. The molecule has 102 valence electrons. The van der Waals surface area contributed by atoms with Crippen LogP contribution in [0.25, 0.3) is 10.8 Å². The number of anilines is 1. The summed E-state index contributed by atoms with van der Waals surface area (Å²) in [5, 5.41) is 13.5. The lowest BCUT2D eigenvalue weighted by Gasteiger charge is -2.19. The molecule has 0 aliphatic heterocycles. The summed E-state index contributed by atoms with van der Waals surface area (Å²) in [5.74, 6) is 0. The zero-order valence-corrected chi connectivity index (χ0v) is 11.7. The van der Waals surface area contributed by atoms with Gasteiger partial charge in [-0.2, -0.15) is 5.26 Å². The molecule has 0 heterocycles. The van der Waals surface area contributed by atoms with Crippen LogP contribution in [0, 0.1) is 11.3 Å². The summed E-state index contributed by atoms with van der Waals surface area (Å²) >= 11 is 0. The normalized spacial score (nSPS) is 10.9. The quantitative estimate of drug-likeness (QED) is 0.848. The highest BCUT2D eigenvalue weighted by atomic mass is 16.6. The van der Waals surface area contributed by atoms with Gasteiger partial charge in [0.2, 0.25) is 0 Å². The maximum absolute atomic E-state index is 11.7. The maximum Gasteiger partial charge on any atom is 0.412 e. The fraction of sp³-hybridized carbons (Fsp3) is 0.250. The Hall–Kier alpha value is -2.54. The number of nitrogens with one attached hydrogen (secondary N) is 1. The number of nitrogens with zero attached hydrogens (tertiary/aromatic N) is 1. The Balaban J connectivity index is 2.25. The number of fused-ring (bicyclic) bond motifs is 1. The van der Waals surface area contributed by atoms with Crippen molar-refractivity contribution in [2.75, 3.05) is 5.32 Å². The summed E-state index contributed by atoms with van der Waals surface area (Å²) in [4.78, 5) is 11.7. The predicted octanol–water partition coefficient (Wildman–Crippen LogP) is 4.06. The van der Waals surface area contributed by atoms with Gasteiger partial charge in [0.15, 0.2) is 0 Å². The standard InChI is InChI=1S/C16H16N2O2/c1-16(2,3)20-15(19)18-13-7-8-14-11(9-13)5-4-6-12(14)10-17/h4-9H,1-3H3,(H,18,19). The second-order valence-electron chi connectivity index (χ2n) is 5.48. The van der Waals surface area contributed by atoms with Crippen LogP contribution in [0.3, 0.4) is 0 Å². The van der Waals surface area contributed by atoms with Gasteiger partial charge >= 0.3 is 6.09 Å². The first-order chi connectivity index (χ1) is 9.39. The number of rotatable bonds is 1. The number of benzene rings is 2. The third kappa shape index (κ3) is 3.27. The molecule has 20 heavy (non-hydrogen) atoms. The van der Waals surface area contributed by atoms with Crippen molar-refractivity contribution in [1.82, 2.24) is 0 Å². The smallest absolute Gasteiger partial charge is 0.412 e. The maximum atomic E-state index is 11.7. The second kappa shape index (κ2) is 5.22. The van der Waals surface area contributed by atoms with Crippen molar-refractivity contribution in [3.8, 4) is 6.07 Å². The molecular weight excluding hydrogens is 252 g/mol. The first kappa shape index (κ1) is 13.9. The molecule has 2 aromatic rings. The Morgan fingerprint density at radius 3 is 2.65 bits per heavy atom. The monoisotopic (exact) mass is 268 g/mol. The number of ether oxygens (including phenoxy) is 1. The Morgan fingerprint density at radius 1 is 1.25 bits per heavy atom. The SMILES string of the molecule is CC(C)(C)OC(=O)Nc1ccc2c(C#N)cccc2c1. The Labute approximate surface area is 118 Å². The van der Waals surface area contributed by atoms with Crippen LogP contribution in [0.15, 0.2) is 36.4 Å². The van der Waals surface area contributed by atoms with E-state index >= 15 is 0 Å². The van der Waals surface area contributed by atoms with Crippen molar-refractivity contribution in [3.05, 3.63) is 42.0 Å². The molecule has 0 bridgehead atoms. The average molecular weight is 268 g/mol. The summed E-state index contributed by atoms with van der Waals surface area (Å²) in [6.45, 7) is 5.44. The Kier molecular flexibility index (Phi) is 3.62. The first-order valence-electron chi connectivity index (χ1n) is 6.32. The topological polar surface area (TPSA) is 62.1 Å². The molecule has 1 amide bonds. The van der Waals surface area contributed by atoms with E-state index in [1.165, 1.54) is 0 Å². The molecule has 4 heteroatoms. The largest absolute Gasteiger partial charge is 0.444 e. The van der Waals surface area contributed by atoms with E-state index in [0.717, 1.165) is 10.8 Å². The lowest BCUT2D eigenvalue weighted by atomic mass is 10.0. The van der Waals surface area contributed by atoms with Gasteiger partial charge < -0.3 is 4.74 Å².